The zero-order valence-electron chi connectivity index (χ0n) is 12.9. The zero-order valence-corrected chi connectivity index (χ0v) is 13.7. The summed E-state index contributed by atoms with van der Waals surface area (Å²) < 4.78 is 1.90. The summed E-state index contributed by atoms with van der Waals surface area (Å²) in [5.41, 5.74) is 2.44. The molecule has 7 nitrogen and oxygen atoms in total. The highest BCUT2D eigenvalue weighted by Crippen LogP contribution is 2.39. The predicted molar refractivity (Wildman–Crippen MR) is 88.8 cm³/mol. The Morgan fingerprint density at radius 3 is 2.96 bits per heavy atom. The molecule has 122 valence electrons. The van der Waals surface area contributed by atoms with E-state index in [-0.39, 0.29) is 11.9 Å². The minimum Gasteiger partial charge on any atom is -0.333 e. The number of hydrogen-bond acceptors (Lipinski definition) is 5. The molecule has 1 saturated heterocycles. The van der Waals surface area contributed by atoms with Gasteiger partial charge in [0.15, 0.2) is 5.69 Å². The lowest BCUT2D eigenvalue weighted by Gasteiger charge is -2.38. The Bertz CT molecular complexity index is 872. The molecule has 1 amide bonds. The summed E-state index contributed by atoms with van der Waals surface area (Å²) in [7, 11) is 0. The van der Waals surface area contributed by atoms with Gasteiger partial charge in [0.25, 0.3) is 5.91 Å². The predicted octanol–water partition coefficient (Wildman–Crippen LogP) is 2.30. The lowest BCUT2D eigenvalue weighted by molar-refractivity contribution is 0.0492. The molecule has 0 aromatic carbocycles. The van der Waals surface area contributed by atoms with Gasteiger partial charge in [-0.1, -0.05) is 11.3 Å². The fourth-order valence-electron chi connectivity index (χ4n) is 2.97. The van der Waals surface area contributed by atoms with Crippen LogP contribution in [-0.4, -0.2) is 49.1 Å². The molecule has 0 spiro atoms. The maximum atomic E-state index is 12.5. The van der Waals surface area contributed by atoms with Gasteiger partial charge in [-0.05, 0) is 30.4 Å². The van der Waals surface area contributed by atoms with Crippen molar-refractivity contribution >= 4 is 17.2 Å². The first kappa shape index (κ1) is 13.9. The summed E-state index contributed by atoms with van der Waals surface area (Å²) >= 11 is 1.62. The molecule has 4 heterocycles. The van der Waals surface area contributed by atoms with Crippen LogP contribution in [0.4, 0.5) is 0 Å². The fourth-order valence-corrected chi connectivity index (χ4v) is 3.67. The number of aromatic nitrogens is 5. The first-order chi connectivity index (χ1) is 11.8. The van der Waals surface area contributed by atoms with E-state index in [0.29, 0.717) is 24.7 Å². The Hall–Kier alpha value is -2.48. The van der Waals surface area contributed by atoms with Crippen LogP contribution < -0.4 is 0 Å². The minimum absolute atomic E-state index is 0.0344. The van der Waals surface area contributed by atoms with Crippen molar-refractivity contribution in [3.05, 3.63) is 41.2 Å². The highest BCUT2D eigenvalue weighted by atomic mass is 32.1. The Labute approximate surface area is 142 Å². The molecule has 0 atom stereocenters. The monoisotopic (exact) mass is 340 g/mol. The van der Waals surface area contributed by atoms with Crippen molar-refractivity contribution in [1.29, 1.82) is 0 Å². The van der Waals surface area contributed by atoms with Crippen LogP contribution in [0.2, 0.25) is 0 Å². The average Bonchev–Trinajstić information content (AvgIpc) is 3.02. The van der Waals surface area contributed by atoms with Gasteiger partial charge in [-0.3, -0.25) is 9.89 Å². The van der Waals surface area contributed by atoms with Crippen LogP contribution in [0.5, 0.6) is 0 Å². The number of nitrogens with one attached hydrogen (secondary N) is 1. The highest BCUT2D eigenvalue weighted by Gasteiger charge is 2.35. The molecular weight excluding hydrogens is 324 g/mol. The first-order valence-electron chi connectivity index (χ1n) is 8.08. The number of thiophene rings is 1. The van der Waals surface area contributed by atoms with Crippen LogP contribution in [0.1, 0.15) is 41.0 Å². The van der Waals surface area contributed by atoms with E-state index in [1.54, 1.807) is 16.2 Å². The molecule has 1 saturated carbocycles. The van der Waals surface area contributed by atoms with Crippen molar-refractivity contribution in [1.82, 2.24) is 30.1 Å². The van der Waals surface area contributed by atoms with Gasteiger partial charge >= 0.3 is 0 Å². The van der Waals surface area contributed by atoms with Gasteiger partial charge < -0.3 is 4.90 Å². The molecular formula is C16H16N6OS. The molecule has 0 radical (unpaired) electrons. The highest BCUT2D eigenvalue weighted by molar-refractivity contribution is 7.13. The van der Waals surface area contributed by atoms with E-state index in [0.717, 1.165) is 16.3 Å². The van der Waals surface area contributed by atoms with E-state index in [1.165, 1.54) is 12.8 Å². The van der Waals surface area contributed by atoms with E-state index < -0.39 is 0 Å². The minimum atomic E-state index is -0.0344. The third-order valence-electron chi connectivity index (χ3n) is 4.63. The lowest BCUT2D eigenvalue weighted by atomic mass is 10.1. The number of hydrogen-bond donors (Lipinski definition) is 1. The summed E-state index contributed by atoms with van der Waals surface area (Å²) in [6.45, 7) is 1.32. The van der Waals surface area contributed by atoms with Gasteiger partial charge in [0.05, 0.1) is 22.3 Å². The van der Waals surface area contributed by atoms with Gasteiger partial charge in [0, 0.05) is 25.2 Å². The molecule has 1 aliphatic heterocycles. The molecule has 3 aromatic rings. The molecule has 8 heteroatoms. The van der Waals surface area contributed by atoms with Crippen LogP contribution >= 0.6 is 11.3 Å². The number of rotatable bonds is 4. The number of carbonyl (C=O) groups excluding carboxylic acids is 1. The van der Waals surface area contributed by atoms with Crippen LogP contribution in [-0.2, 0) is 0 Å². The summed E-state index contributed by atoms with van der Waals surface area (Å²) in [4.78, 5) is 15.4. The molecule has 1 aliphatic carbocycles. The fraction of sp³-hybridized carbons (Fsp3) is 0.375. The summed E-state index contributed by atoms with van der Waals surface area (Å²) in [5.74, 6) is 0.573. The number of H-pyrrole nitrogens is 1. The summed E-state index contributed by atoms with van der Waals surface area (Å²) in [6, 6.07) is 6.04. The quantitative estimate of drug-likeness (QED) is 0.790. The number of carbonyl (C=O) groups is 1. The van der Waals surface area contributed by atoms with Crippen molar-refractivity contribution in [2.24, 2.45) is 0 Å². The standard InChI is InChI=1S/C16H16N6OS/c23-16(13-6-12(17-18-13)15-2-1-5-24-15)21-7-11(8-21)22-9-14(19-20-22)10-3-4-10/h1-2,5-6,9-11H,3-4,7-8H2,(H,17,18). The molecule has 1 N–H and O–H groups in total. The molecule has 2 fully saturated rings. The van der Waals surface area contributed by atoms with Gasteiger partial charge in [-0.2, -0.15) is 5.10 Å². The number of likely N-dealkylation sites (tertiary alicyclic amines) is 1. The van der Waals surface area contributed by atoms with Gasteiger partial charge in [-0.25, -0.2) is 4.68 Å². The SMILES string of the molecule is O=C(c1cc(-c2cccs2)[nH]n1)N1CC(n2cc(C3CC3)nn2)C1. The second-order valence-electron chi connectivity index (χ2n) is 6.41. The van der Waals surface area contributed by atoms with E-state index in [4.69, 9.17) is 0 Å². The number of amides is 1. The van der Waals surface area contributed by atoms with E-state index in [2.05, 4.69) is 20.5 Å². The zero-order chi connectivity index (χ0) is 16.1. The van der Waals surface area contributed by atoms with Crippen molar-refractivity contribution in [3.8, 4) is 10.6 Å². The average molecular weight is 340 g/mol. The van der Waals surface area contributed by atoms with E-state index >= 15 is 0 Å². The van der Waals surface area contributed by atoms with Gasteiger partial charge in [-0.15, -0.1) is 16.4 Å². The van der Waals surface area contributed by atoms with Crippen molar-refractivity contribution in [3.63, 3.8) is 0 Å². The Morgan fingerprint density at radius 2 is 2.21 bits per heavy atom. The smallest absolute Gasteiger partial charge is 0.274 e. The molecule has 0 bridgehead atoms. The Balaban J connectivity index is 1.24. The largest absolute Gasteiger partial charge is 0.333 e. The topological polar surface area (TPSA) is 79.7 Å². The van der Waals surface area contributed by atoms with Crippen molar-refractivity contribution < 1.29 is 4.79 Å². The molecule has 24 heavy (non-hydrogen) atoms. The third kappa shape index (κ3) is 2.34. The van der Waals surface area contributed by atoms with E-state index in [1.807, 2.05) is 34.5 Å². The van der Waals surface area contributed by atoms with Crippen LogP contribution in [0.3, 0.4) is 0 Å². The Kier molecular flexibility index (Phi) is 3.05. The van der Waals surface area contributed by atoms with Crippen LogP contribution in [0.25, 0.3) is 10.6 Å². The number of aromatic amines is 1. The molecule has 0 unspecified atom stereocenters. The van der Waals surface area contributed by atoms with Crippen LogP contribution in [0.15, 0.2) is 29.8 Å². The van der Waals surface area contributed by atoms with Crippen LogP contribution in [0, 0.1) is 0 Å². The Morgan fingerprint density at radius 1 is 1.33 bits per heavy atom. The second-order valence-corrected chi connectivity index (χ2v) is 7.35. The van der Waals surface area contributed by atoms with Crippen molar-refractivity contribution in [2.45, 2.75) is 24.8 Å². The maximum Gasteiger partial charge on any atom is 0.274 e. The first-order valence-corrected chi connectivity index (χ1v) is 8.96. The second kappa shape index (κ2) is 5.27. The lowest BCUT2D eigenvalue weighted by Crippen LogP contribution is -2.51. The van der Waals surface area contributed by atoms with Crippen molar-refractivity contribution in [2.75, 3.05) is 13.1 Å². The number of nitrogens with zero attached hydrogens (tertiary/aromatic N) is 5. The normalized spacial score (nSPS) is 17.9. The van der Waals surface area contributed by atoms with E-state index in [9.17, 15) is 4.79 Å². The van der Waals surface area contributed by atoms with Gasteiger partial charge in [0.2, 0.25) is 0 Å². The van der Waals surface area contributed by atoms with Gasteiger partial charge in [0.1, 0.15) is 0 Å². The molecule has 5 rings (SSSR count). The molecule has 2 aliphatic rings. The molecule has 3 aromatic heterocycles. The maximum absolute atomic E-state index is 12.5. The summed E-state index contributed by atoms with van der Waals surface area (Å²) in [5, 5.41) is 17.6. The summed E-state index contributed by atoms with van der Waals surface area (Å²) in [6.07, 6.45) is 4.48. The third-order valence-corrected chi connectivity index (χ3v) is 5.53.